The zero-order valence-electron chi connectivity index (χ0n) is 9.17. The molecular formula is C11H8ClN5S. The predicted molar refractivity (Wildman–Crippen MR) is 68.2 cm³/mol. The first-order chi connectivity index (χ1) is 8.71. The molecule has 5 nitrogen and oxygen atoms in total. The van der Waals surface area contributed by atoms with Crippen LogP contribution in [-0.4, -0.2) is 16.1 Å². The molecule has 2 aromatic rings. The summed E-state index contributed by atoms with van der Waals surface area (Å²) in [5.74, 6) is 0. The Balaban J connectivity index is 2.50. The van der Waals surface area contributed by atoms with E-state index in [-0.39, 0.29) is 17.4 Å². The number of halogens is 1. The van der Waals surface area contributed by atoms with Gasteiger partial charge in [0.25, 0.3) is 0 Å². The summed E-state index contributed by atoms with van der Waals surface area (Å²) in [5.41, 5.74) is 6.07. The van der Waals surface area contributed by atoms with Crippen molar-refractivity contribution in [2.45, 2.75) is 6.04 Å². The Kier molecular flexibility index (Phi) is 3.63. The Morgan fingerprint density at radius 2 is 2.22 bits per heavy atom. The lowest BCUT2D eigenvalue weighted by Gasteiger charge is -2.15. The van der Waals surface area contributed by atoms with Gasteiger partial charge in [-0.15, -0.1) is 11.3 Å². The number of hydrogen-bond donors (Lipinski definition) is 1. The third kappa shape index (κ3) is 2.09. The lowest BCUT2D eigenvalue weighted by molar-refractivity contribution is 0.598. The lowest BCUT2D eigenvalue weighted by Crippen LogP contribution is -2.20. The molecule has 1 atom stereocenters. The van der Waals surface area contributed by atoms with E-state index in [0.29, 0.717) is 10.9 Å². The second-order valence-corrected chi connectivity index (χ2v) is 5.21. The summed E-state index contributed by atoms with van der Waals surface area (Å²) in [6.45, 7) is 0.298. The molecule has 0 aromatic carbocycles. The molecule has 0 saturated carbocycles. The molecule has 7 heteroatoms. The number of thiophene rings is 1. The summed E-state index contributed by atoms with van der Waals surface area (Å²) >= 11 is 7.29. The van der Waals surface area contributed by atoms with E-state index >= 15 is 0 Å². The van der Waals surface area contributed by atoms with Gasteiger partial charge in [0.2, 0.25) is 0 Å². The maximum atomic E-state index is 9.09. The average molecular weight is 278 g/mol. The van der Waals surface area contributed by atoms with Gasteiger partial charge in [-0.3, -0.25) is 0 Å². The molecular weight excluding hydrogens is 270 g/mol. The van der Waals surface area contributed by atoms with Crippen LogP contribution in [0.2, 0.25) is 4.34 Å². The molecule has 1 unspecified atom stereocenters. The first-order valence-corrected chi connectivity index (χ1v) is 6.23. The third-order valence-electron chi connectivity index (χ3n) is 2.49. The highest BCUT2D eigenvalue weighted by Crippen LogP contribution is 2.29. The fourth-order valence-corrected chi connectivity index (χ4v) is 2.84. The Labute approximate surface area is 113 Å². The van der Waals surface area contributed by atoms with Crippen molar-refractivity contribution in [2.75, 3.05) is 6.54 Å². The zero-order chi connectivity index (χ0) is 13.1. The number of hydrogen-bond acceptors (Lipinski definition) is 5. The summed E-state index contributed by atoms with van der Waals surface area (Å²) in [7, 11) is 0. The second-order valence-electron chi connectivity index (χ2n) is 3.47. The highest BCUT2D eigenvalue weighted by Gasteiger charge is 2.20. The summed E-state index contributed by atoms with van der Waals surface area (Å²) in [6.07, 6.45) is 1.46. The maximum absolute atomic E-state index is 9.09. The molecule has 0 bridgehead atoms. The van der Waals surface area contributed by atoms with Crippen LogP contribution in [0.25, 0.3) is 0 Å². The van der Waals surface area contributed by atoms with Crippen LogP contribution in [0.15, 0.2) is 18.5 Å². The fourth-order valence-electron chi connectivity index (χ4n) is 1.66. The highest BCUT2D eigenvalue weighted by atomic mass is 35.5. The minimum atomic E-state index is -0.230. The largest absolute Gasteiger partial charge is 0.328 e. The van der Waals surface area contributed by atoms with Gasteiger partial charge in [0, 0.05) is 11.4 Å². The summed E-state index contributed by atoms with van der Waals surface area (Å²) in [5, 5.41) is 18.0. The van der Waals surface area contributed by atoms with Crippen molar-refractivity contribution >= 4 is 22.9 Å². The van der Waals surface area contributed by atoms with Crippen molar-refractivity contribution in [1.29, 1.82) is 10.5 Å². The first kappa shape index (κ1) is 12.6. The Morgan fingerprint density at radius 3 is 2.72 bits per heavy atom. The molecule has 0 aliphatic rings. The van der Waals surface area contributed by atoms with E-state index < -0.39 is 0 Å². The first-order valence-electron chi connectivity index (χ1n) is 5.03. The summed E-state index contributed by atoms with van der Waals surface area (Å²) in [6, 6.07) is 7.27. The van der Waals surface area contributed by atoms with E-state index in [9.17, 15) is 0 Å². The molecule has 2 rings (SSSR count). The van der Waals surface area contributed by atoms with Gasteiger partial charge in [0.05, 0.1) is 16.7 Å². The van der Waals surface area contributed by atoms with Crippen molar-refractivity contribution < 1.29 is 0 Å². The molecule has 0 saturated heterocycles. The maximum Gasteiger partial charge on any atom is 0.176 e. The number of imidazole rings is 1. The number of nitriles is 2. The molecule has 2 N–H and O–H groups in total. The molecule has 2 aromatic heterocycles. The SMILES string of the molecule is N#Cc1ncn(C(CN)c2ccc(Cl)s2)c1C#N. The van der Waals surface area contributed by atoms with Gasteiger partial charge in [-0.2, -0.15) is 10.5 Å². The predicted octanol–water partition coefficient (Wildman–Crippen LogP) is 1.89. The van der Waals surface area contributed by atoms with E-state index in [4.69, 9.17) is 27.9 Å². The molecule has 0 aliphatic carbocycles. The fraction of sp³-hybridized carbons (Fsp3) is 0.182. The van der Waals surface area contributed by atoms with Gasteiger partial charge < -0.3 is 10.3 Å². The molecule has 0 amide bonds. The zero-order valence-corrected chi connectivity index (χ0v) is 10.7. The van der Waals surface area contributed by atoms with E-state index in [1.54, 1.807) is 10.6 Å². The smallest absolute Gasteiger partial charge is 0.176 e. The quantitative estimate of drug-likeness (QED) is 0.927. The molecule has 0 radical (unpaired) electrons. The van der Waals surface area contributed by atoms with Crippen molar-refractivity contribution in [2.24, 2.45) is 5.73 Å². The number of nitrogens with two attached hydrogens (primary N) is 1. The Morgan fingerprint density at radius 1 is 1.44 bits per heavy atom. The van der Waals surface area contributed by atoms with Crippen LogP contribution < -0.4 is 5.73 Å². The summed E-state index contributed by atoms with van der Waals surface area (Å²) < 4.78 is 2.27. The topological polar surface area (TPSA) is 91.4 Å². The van der Waals surface area contributed by atoms with Crippen LogP contribution in [0.1, 0.15) is 22.3 Å². The molecule has 90 valence electrons. The van der Waals surface area contributed by atoms with Crippen molar-refractivity contribution in [3.05, 3.63) is 39.1 Å². The average Bonchev–Trinajstić information content (AvgIpc) is 2.97. The van der Waals surface area contributed by atoms with Gasteiger partial charge in [-0.1, -0.05) is 11.6 Å². The van der Waals surface area contributed by atoms with E-state index in [0.717, 1.165) is 4.88 Å². The lowest BCUT2D eigenvalue weighted by atomic mass is 10.2. The molecule has 0 spiro atoms. The number of rotatable bonds is 3. The van der Waals surface area contributed by atoms with E-state index in [1.807, 2.05) is 18.2 Å². The number of nitrogens with zero attached hydrogens (tertiary/aromatic N) is 4. The third-order valence-corrected chi connectivity index (χ3v) is 3.82. The molecule has 18 heavy (non-hydrogen) atoms. The van der Waals surface area contributed by atoms with Crippen molar-refractivity contribution in [3.63, 3.8) is 0 Å². The number of aromatic nitrogens is 2. The molecule has 2 heterocycles. The minimum absolute atomic E-state index is 0.110. The monoisotopic (exact) mass is 277 g/mol. The second kappa shape index (κ2) is 5.19. The molecule has 0 aliphatic heterocycles. The summed E-state index contributed by atoms with van der Waals surface area (Å²) in [4.78, 5) is 4.83. The minimum Gasteiger partial charge on any atom is -0.328 e. The van der Waals surface area contributed by atoms with Gasteiger partial charge in [0.15, 0.2) is 11.4 Å². The van der Waals surface area contributed by atoms with Crippen LogP contribution in [0.3, 0.4) is 0 Å². The van der Waals surface area contributed by atoms with Gasteiger partial charge in [-0.25, -0.2) is 4.98 Å². The van der Waals surface area contributed by atoms with Crippen LogP contribution >= 0.6 is 22.9 Å². The Bertz CT molecular complexity index is 645. The van der Waals surface area contributed by atoms with Gasteiger partial charge >= 0.3 is 0 Å². The normalized spacial score (nSPS) is 11.8. The van der Waals surface area contributed by atoms with Crippen LogP contribution in [-0.2, 0) is 0 Å². The van der Waals surface area contributed by atoms with Crippen LogP contribution in [0.4, 0.5) is 0 Å². The van der Waals surface area contributed by atoms with E-state index in [1.165, 1.54) is 17.7 Å². The van der Waals surface area contributed by atoms with Gasteiger partial charge in [-0.05, 0) is 12.1 Å². The van der Waals surface area contributed by atoms with Crippen LogP contribution in [0, 0.1) is 22.7 Å². The van der Waals surface area contributed by atoms with Gasteiger partial charge in [0.1, 0.15) is 12.1 Å². The van der Waals surface area contributed by atoms with E-state index in [2.05, 4.69) is 4.98 Å². The van der Waals surface area contributed by atoms with Crippen molar-refractivity contribution in [3.8, 4) is 12.1 Å². The molecule has 0 fully saturated rings. The van der Waals surface area contributed by atoms with Crippen LogP contribution in [0.5, 0.6) is 0 Å². The standard InChI is InChI=1S/C11H8ClN5S/c12-11-2-1-10(18-11)9(5-15)17-6-16-7(3-13)8(17)4-14/h1-2,6,9H,5,15H2. The Hall–Kier alpha value is -1.86. The van der Waals surface area contributed by atoms with Crippen molar-refractivity contribution in [1.82, 2.24) is 9.55 Å². The highest BCUT2D eigenvalue weighted by molar-refractivity contribution is 7.16.